The van der Waals surface area contributed by atoms with Gasteiger partial charge < -0.3 is 15.4 Å². The highest BCUT2D eigenvalue weighted by atomic mass is 79.9. The average Bonchev–Trinajstić information content (AvgIpc) is 3.03. The van der Waals surface area contributed by atoms with E-state index in [0.717, 1.165) is 12.2 Å². The number of aromatic amines is 1. The summed E-state index contributed by atoms with van der Waals surface area (Å²) in [5.41, 5.74) is 0.675. The van der Waals surface area contributed by atoms with E-state index < -0.39 is 0 Å². The Hall–Kier alpha value is -2.42. The lowest BCUT2D eigenvalue weighted by Gasteiger charge is -2.21. The Morgan fingerprint density at radius 1 is 1.50 bits per heavy atom. The number of carbonyl (C=O) groups excluding carboxylic acids is 2. The molecule has 0 saturated carbocycles. The molecule has 1 aromatic heterocycles. The second-order valence-corrected chi connectivity index (χ2v) is 6.27. The number of rotatable bonds is 4. The molecule has 1 aliphatic rings. The highest BCUT2D eigenvalue weighted by Gasteiger charge is 2.25. The molecule has 0 saturated heterocycles. The summed E-state index contributed by atoms with van der Waals surface area (Å²) < 4.78 is 6.04. The number of fused-ring (bicyclic) bond motifs is 1. The van der Waals surface area contributed by atoms with E-state index in [2.05, 4.69) is 41.7 Å². The molecule has 2 amide bonds. The molecule has 0 aliphatic carbocycles. The molecule has 8 nitrogen and oxygen atoms in total. The summed E-state index contributed by atoms with van der Waals surface area (Å²) in [5.74, 6) is 1.06. The predicted molar refractivity (Wildman–Crippen MR) is 89.9 cm³/mol. The van der Waals surface area contributed by atoms with Crippen LogP contribution in [0.3, 0.4) is 0 Å². The first-order chi connectivity index (χ1) is 11.5. The number of carbonyl (C=O) groups is 2. The molecule has 0 bridgehead atoms. The Labute approximate surface area is 146 Å². The van der Waals surface area contributed by atoms with Crippen molar-refractivity contribution >= 4 is 33.4 Å². The van der Waals surface area contributed by atoms with Crippen molar-refractivity contribution in [3.05, 3.63) is 33.8 Å². The third-order valence-corrected chi connectivity index (χ3v) is 4.01. The molecule has 3 rings (SSSR count). The zero-order chi connectivity index (χ0) is 17.3. The van der Waals surface area contributed by atoms with Gasteiger partial charge in [0.2, 0.25) is 0 Å². The average molecular weight is 394 g/mol. The van der Waals surface area contributed by atoms with Gasteiger partial charge in [0, 0.05) is 10.9 Å². The number of amides is 2. The van der Waals surface area contributed by atoms with Crippen LogP contribution in [0, 0.1) is 0 Å². The third-order valence-electron chi connectivity index (χ3n) is 3.55. The molecule has 0 fully saturated rings. The fourth-order valence-electron chi connectivity index (χ4n) is 2.32. The van der Waals surface area contributed by atoms with Crippen LogP contribution in [-0.2, 0) is 11.2 Å². The first kappa shape index (κ1) is 16.4. The van der Waals surface area contributed by atoms with Crippen LogP contribution < -0.4 is 15.4 Å². The SMILES string of the molecule is CCc1nc(C(C)NC(=O)c2cc(Br)cc3c2NC(=O)CO3)n[nH]1. The van der Waals surface area contributed by atoms with Crippen LogP contribution in [0.4, 0.5) is 5.69 Å². The number of ether oxygens (including phenoxy) is 1. The number of halogens is 1. The fraction of sp³-hybridized carbons (Fsp3) is 0.333. The Morgan fingerprint density at radius 2 is 2.29 bits per heavy atom. The van der Waals surface area contributed by atoms with E-state index in [4.69, 9.17) is 4.74 Å². The summed E-state index contributed by atoms with van der Waals surface area (Å²) in [7, 11) is 0. The van der Waals surface area contributed by atoms with Gasteiger partial charge in [-0.2, -0.15) is 5.10 Å². The monoisotopic (exact) mass is 393 g/mol. The fourth-order valence-corrected chi connectivity index (χ4v) is 2.76. The number of hydrogen-bond donors (Lipinski definition) is 3. The Bertz CT molecular complexity index is 804. The van der Waals surface area contributed by atoms with Crippen molar-refractivity contribution in [2.24, 2.45) is 0 Å². The molecule has 1 unspecified atom stereocenters. The summed E-state index contributed by atoms with van der Waals surface area (Å²) in [5, 5.41) is 12.4. The lowest BCUT2D eigenvalue weighted by atomic mass is 10.1. The van der Waals surface area contributed by atoms with Crippen LogP contribution in [0.25, 0.3) is 0 Å². The zero-order valence-electron chi connectivity index (χ0n) is 13.1. The van der Waals surface area contributed by atoms with Crippen LogP contribution in [-0.4, -0.2) is 33.6 Å². The molecular weight excluding hydrogens is 378 g/mol. The van der Waals surface area contributed by atoms with E-state index in [1.54, 1.807) is 19.1 Å². The maximum Gasteiger partial charge on any atom is 0.262 e. The largest absolute Gasteiger partial charge is 0.482 e. The molecule has 0 spiro atoms. The number of nitrogens with one attached hydrogen (secondary N) is 3. The number of anilines is 1. The van der Waals surface area contributed by atoms with Crippen molar-refractivity contribution in [2.75, 3.05) is 11.9 Å². The quantitative estimate of drug-likeness (QED) is 0.735. The maximum absolute atomic E-state index is 12.6. The summed E-state index contributed by atoms with van der Waals surface area (Å²) >= 11 is 3.35. The number of benzene rings is 1. The van der Waals surface area contributed by atoms with Gasteiger partial charge >= 0.3 is 0 Å². The molecule has 1 atom stereocenters. The van der Waals surface area contributed by atoms with Gasteiger partial charge in [0.25, 0.3) is 11.8 Å². The predicted octanol–water partition coefficient (Wildman–Crippen LogP) is 1.95. The second kappa shape index (κ2) is 6.60. The van der Waals surface area contributed by atoms with Gasteiger partial charge in [-0.15, -0.1) is 0 Å². The van der Waals surface area contributed by atoms with E-state index in [1.807, 2.05) is 6.92 Å². The van der Waals surface area contributed by atoms with Gasteiger partial charge in [-0.05, 0) is 19.1 Å². The Morgan fingerprint density at radius 3 is 3.00 bits per heavy atom. The maximum atomic E-state index is 12.6. The molecule has 2 heterocycles. The topological polar surface area (TPSA) is 109 Å². The van der Waals surface area contributed by atoms with Gasteiger partial charge in [0.15, 0.2) is 12.4 Å². The highest BCUT2D eigenvalue weighted by molar-refractivity contribution is 9.10. The van der Waals surface area contributed by atoms with Gasteiger partial charge in [0.1, 0.15) is 11.6 Å². The smallest absolute Gasteiger partial charge is 0.262 e. The van der Waals surface area contributed by atoms with Crippen molar-refractivity contribution in [1.29, 1.82) is 0 Å². The molecule has 24 heavy (non-hydrogen) atoms. The van der Waals surface area contributed by atoms with Crippen molar-refractivity contribution in [3.8, 4) is 5.75 Å². The van der Waals surface area contributed by atoms with E-state index in [0.29, 0.717) is 27.3 Å². The Kier molecular flexibility index (Phi) is 4.52. The number of nitrogens with zero attached hydrogens (tertiary/aromatic N) is 2. The van der Waals surface area contributed by atoms with Crippen LogP contribution in [0.15, 0.2) is 16.6 Å². The van der Waals surface area contributed by atoms with Gasteiger partial charge in [-0.25, -0.2) is 4.98 Å². The first-order valence-corrected chi connectivity index (χ1v) is 8.25. The zero-order valence-corrected chi connectivity index (χ0v) is 14.7. The molecule has 0 radical (unpaired) electrons. The van der Waals surface area contributed by atoms with Crippen LogP contribution in [0.1, 0.15) is 41.9 Å². The van der Waals surface area contributed by atoms with Crippen LogP contribution >= 0.6 is 15.9 Å². The van der Waals surface area contributed by atoms with Crippen LogP contribution in [0.5, 0.6) is 5.75 Å². The minimum Gasteiger partial charge on any atom is -0.482 e. The van der Waals surface area contributed by atoms with Crippen molar-refractivity contribution < 1.29 is 14.3 Å². The minimum atomic E-state index is -0.385. The lowest BCUT2D eigenvalue weighted by molar-refractivity contribution is -0.118. The Balaban J connectivity index is 1.84. The second-order valence-electron chi connectivity index (χ2n) is 5.35. The summed E-state index contributed by atoms with van der Waals surface area (Å²) in [4.78, 5) is 28.5. The molecule has 3 N–H and O–H groups in total. The highest BCUT2D eigenvalue weighted by Crippen LogP contribution is 2.35. The molecule has 1 aliphatic heterocycles. The standard InChI is InChI=1S/C15H16BrN5O3/c1-3-11-18-14(21-20-11)7(2)17-15(23)9-4-8(16)5-10-13(9)19-12(22)6-24-10/h4-5,7H,3,6H2,1-2H3,(H,17,23)(H,19,22)(H,18,20,21). The van der Waals surface area contributed by atoms with Crippen molar-refractivity contribution in [1.82, 2.24) is 20.5 Å². The molecule has 2 aromatic rings. The summed E-state index contributed by atoms with van der Waals surface area (Å²) in [6.45, 7) is 3.68. The van der Waals surface area contributed by atoms with Crippen LogP contribution in [0.2, 0.25) is 0 Å². The van der Waals surface area contributed by atoms with Gasteiger partial charge in [0.05, 0.1) is 17.3 Å². The molecular formula is C15H16BrN5O3. The number of aryl methyl sites for hydroxylation is 1. The molecule has 9 heteroatoms. The number of hydrogen-bond acceptors (Lipinski definition) is 5. The normalized spacial score (nSPS) is 14.4. The van der Waals surface area contributed by atoms with E-state index >= 15 is 0 Å². The first-order valence-electron chi connectivity index (χ1n) is 7.46. The summed E-state index contributed by atoms with van der Waals surface area (Å²) in [6.07, 6.45) is 0.732. The third kappa shape index (κ3) is 3.25. The number of aromatic nitrogens is 3. The molecule has 1 aromatic carbocycles. The van der Waals surface area contributed by atoms with Gasteiger partial charge in [-0.3, -0.25) is 14.7 Å². The van der Waals surface area contributed by atoms with E-state index in [9.17, 15) is 9.59 Å². The summed E-state index contributed by atoms with van der Waals surface area (Å²) in [6, 6.07) is 2.95. The van der Waals surface area contributed by atoms with Crippen molar-refractivity contribution in [3.63, 3.8) is 0 Å². The lowest BCUT2D eigenvalue weighted by Crippen LogP contribution is -2.31. The van der Waals surface area contributed by atoms with E-state index in [1.165, 1.54) is 0 Å². The van der Waals surface area contributed by atoms with E-state index in [-0.39, 0.29) is 24.5 Å². The van der Waals surface area contributed by atoms with Gasteiger partial charge in [-0.1, -0.05) is 22.9 Å². The van der Waals surface area contributed by atoms with Crippen molar-refractivity contribution in [2.45, 2.75) is 26.3 Å². The number of H-pyrrole nitrogens is 1. The minimum absolute atomic E-state index is 0.0715. The molecule has 126 valence electrons.